The number of carbonyl (C=O) groups is 2. The Morgan fingerprint density at radius 2 is 2.11 bits per heavy atom. The zero-order chi connectivity index (χ0) is 19.8. The summed E-state index contributed by atoms with van der Waals surface area (Å²) in [6, 6.07) is 8.63. The van der Waals surface area contributed by atoms with Crippen LogP contribution in [0.25, 0.3) is 11.3 Å². The van der Waals surface area contributed by atoms with E-state index in [4.69, 9.17) is 5.73 Å². The topological polar surface area (TPSA) is 117 Å². The van der Waals surface area contributed by atoms with Crippen molar-refractivity contribution < 1.29 is 19.8 Å². The molecule has 4 N–H and O–H groups in total. The van der Waals surface area contributed by atoms with Crippen molar-refractivity contribution in [3.63, 3.8) is 0 Å². The van der Waals surface area contributed by atoms with Crippen molar-refractivity contribution >= 4 is 11.8 Å². The lowest BCUT2D eigenvalue weighted by Gasteiger charge is -2.13. The molecule has 1 fully saturated rings. The van der Waals surface area contributed by atoms with Crippen molar-refractivity contribution in [3.05, 3.63) is 47.2 Å². The number of hydrogen-bond acceptors (Lipinski definition) is 5. The molecule has 1 aliphatic heterocycles. The Kier molecular flexibility index (Phi) is 4.60. The quantitative estimate of drug-likeness (QED) is 0.681. The van der Waals surface area contributed by atoms with Crippen molar-refractivity contribution in [3.8, 4) is 28.8 Å². The molecule has 1 unspecified atom stereocenters. The van der Waals surface area contributed by atoms with Crippen LogP contribution in [0.4, 0.5) is 0 Å². The predicted octanol–water partition coefficient (Wildman–Crippen LogP) is 0.806. The number of primary amides is 1. The fourth-order valence-electron chi connectivity index (χ4n) is 2.89. The highest BCUT2D eigenvalue weighted by molar-refractivity contribution is 5.94. The molecule has 0 radical (unpaired) electrons. The van der Waals surface area contributed by atoms with Crippen LogP contribution in [0, 0.1) is 18.8 Å². The Balaban J connectivity index is 1.98. The predicted molar refractivity (Wildman–Crippen MR) is 98.7 cm³/mol. The van der Waals surface area contributed by atoms with Crippen molar-refractivity contribution in [1.82, 2.24) is 9.88 Å². The SMILES string of the molecule is Cc1cc(-c2cccc(C#CC3(O)CCN(C)C3=O)c2)nc(C(N)=O)c1O. The molecule has 3 rings (SSSR count). The number of amides is 2. The molecule has 2 aromatic rings. The first-order valence-electron chi connectivity index (χ1n) is 8.33. The van der Waals surface area contributed by atoms with Gasteiger partial charge in [0, 0.05) is 31.1 Å². The van der Waals surface area contributed by atoms with Crippen LogP contribution in [0.1, 0.15) is 28.0 Å². The number of carbonyl (C=O) groups excluding carboxylic acids is 2. The van der Waals surface area contributed by atoms with E-state index in [0.717, 1.165) is 0 Å². The van der Waals surface area contributed by atoms with Gasteiger partial charge in [-0.25, -0.2) is 4.98 Å². The highest BCUT2D eigenvalue weighted by Crippen LogP contribution is 2.27. The van der Waals surface area contributed by atoms with E-state index in [2.05, 4.69) is 16.8 Å². The molecule has 0 saturated carbocycles. The molecule has 7 heteroatoms. The monoisotopic (exact) mass is 365 g/mol. The number of aliphatic hydroxyl groups is 1. The maximum absolute atomic E-state index is 12.0. The van der Waals surface area contributed by atoms with E-state index in [0.29, 0.717) is 28.9 Å². The summed E-state index contributed by atoms with van der Waals surface area (Å²) >= 11 is 0. The van der Waals surface area contributed by atoms with E-state index in [1.165, 1.54) is 4.90 Å². The third-order valence-corrected chi connectivity index (χ3v) is 4.50. The standard InChI is InChI=1S/C20H19N3O4/c1-12-10-15(22-16(17(12)24)18(21)25)14-5-3-4-13(11-14)6-7-20(27)8-9-23(2)19(20)26/h3-5,10-11,24,27H,8-9H2,1-2H3,(H2,21,25). The number of nitrogens with zero attached hydrogens (tertiary/aromatic N) is 2. The van der Waals surface area contributed by atoms with E-state index in [-0.39, 0.29) is 17.9 Å². The van der Waals surface area contributed by atoms with E-state index >= 15 is 0 Å². The minimum Gasteiger partial charge on any atom is -0.505 e. The average molecular weight is 365 g/mol. The van der Waals surface area contributed by atoms with Gasteiger partial charge in [0.2, 0.25) is 5.60 Å². The molecular weight excluding hydrogens is 346 g/mol. The van der Waals surface area contributed by atoms with Gasteiger partial charge >= 0.3 is 0 Å². The van der Waals surface area contributed by atoms with Gasteiger partial charge in [-0.15, -0.1) is 0 Å². The first-order valence-corrected chi connectivity index (χ1v) is 8.33. The van der Waals surface area contributed by atoms with Crippen LogP contribution < -0.4 is 5.73 Å². The van der Waals surface area contributed by atoms with Crippen LogP contribution >= 0.6 is 0 Å². The molecule has 0 bridgehead atoms. The maximum atomic E-state index is 12.0. The Hall–Kier alpha value is -3.37. The lowest BCUT2D eigenvalue weighted by molar-refractivity contribution is -0.137. The van der Waals surface area contributed by atoms with Crippen LogP contribution in [0.3, 0.4) is 0 Å². The van der Waals surface area contributed by atoms with E-state index in [9.17, 15) is 19.8 Å². The van der Waals surface area contributed by atoms with Crippen LogP contribution in [-0.4, -0.2) is 51.1 Å². The Labute approximate surface area is 156 Å². The molecule has 7 nitrogen and oxygen atoms in total. The first kappa shape index (κ1) is 18.4. The zero-order valence-corrected chi connectivity index (χ0v) is 15.0. The molecule has 2 amide bonds. The number of pyridine rings is 1. The highest BCUT2D eigenvalue weighted by Gasteiger charge is 2.42. The second-order valence-electron chi connectivity index (χ2n) is 6.55. The normalized spacial score (nSPS) is 18.9. The molecule has 1 aromatic heterocycles. The Morgan fingerprint density at radius 1 is 1.37 bits per heavy atom. The number of benzene rings is 1. The molecule has 1 saturated heterocycles. The highest BCUT2D eigenvalue weighted by atomic mass is 16.3. The van der Waals surface area contributed by atoms with Crippen molar-refractivity contribution in [2.75, 3.05) is 13.6 Å². The summed E-state index contributed by atoms with van der Waals surface area (Å²) in [4.78, 5) is 29.1. The van der Waals surface area contributed by atoms with Gasteiger partial charge in [-0.2, -0.15) is 0 Å². The molecule has 138 valence electrons. The average Bonchev–Trinajstić information content (AvgIpc) is 2.90. The molecule has 0 aliphatic carbocycles. The van der Waals surface area contributed by atoms with Crippen molar-refractivity contribution in [2.24, 2.45) is 5.73 Å². The summed E-state index contributed by atoms with van der Waals surface area (Å²) in [5, 5.41) is 20.3. The van der Waals surface area contributed by atoms with Crippen LogP contribution in [0.5, 0.6) is 5.75 Å². The number of aryl methyl sites for hydroxylation is 1. The molecule has 1 aromatic carbocycles. The third kappa shape index (κ3) is 3.48. The van der Waals surface area contributed by atoms with E-state index in [1.807, 2.05) is 0 Å². The summed E-state index contributed by atoms with van der Waals surface area (Å²) in [5.41, 5.74) is 5.57. The van der Waals surface area contributed by atoms with E-state index < -0.39 is 17.4 Å². The van der Waals surface area contributed by atoms with Gasteiger partial charge < -0.3 is 20.8 Å². The van der Waals surface area contributed by atoms with Gasteiger partial charge in [-0.3, -0.25) is 9.59 Å². The molecule has 1 atom stereocenters. The summed E-state index contributed by atoms with van der Waals surface area (Å²) in [6.07, 6.45) is 0.260. The number of nitrogens with two attached hydrogens (primary N) is 1. The van der Waals surface area contributed by atoms with Gasteiger partial charge in [-0.05, 0) is 30.7 Å². The van der Waals surface area contributed by atoms with Crippen molar-refractivity contribution in [2.45, 2.75) is 18.9 Å². The Morgan fingerprint density at radius 3 is 2.74 bits per heavy atom. The third-order valence-electron chi connectivity index (χ3n) is 4.50. The second-order valence-corrected chi connectivity index (χ2v) is 6.55. The number of rotatable bonds is 2. The molecule has 1 aliphatic rings. The minimum absolute atomic E-state index is 0.199. The number of aromatic nitrogens is 1. The largest absolute Gasteiger partial charge is 0.505 e. The number of likely N-dealkylation sites (N-methyl/N-ethyl adjacent to an activating group) is 1. The van der Waals surface area contributed by atoms with Crippen molar-refractivity contribution in [1.29, 1.82) is 0 Å². The summed E-state index contributed by atoms with van der Waals surface area (Å²) in [5.74, 6) is 4.03. The molecule has 0 spiro atoms. The molecule has 27 heavy (non-hydrogen) atoms. The Bertz CT molecular complexity index is 1010. The molecule has 2 heterocycles. The van der Waals surface area contributed by atoms with E-state index in [1.54, 1.807) is 44.3 Å². The van der Waals surface area contributed by atoms with Gasteiger partial charge in [0.1, 0.15) is 5.75 Å². The first-order chi connectivity index (χ1) is 12.7. The zero-order valence-electron chi connectivity index (χ0n) is 15.0. The maximum Gasteiger partial charge on any atom is 0.271 e. The second kappa shape index (κ2) is 6.74. The number of hydrogen-bond donors (Lipinski definition) is 3. The van der Waals surface area contributed by atoms with Crippen LogP contribution in [-0.2, 0) is 4.79 Å². The number of likely N-dealkylation sites (tertiary alicyclic amines) is 1. The van der Waals surface area contributed by atoms with Crippen LogP contribution in [0.2, 0.25) is 0 Å². The molecular formula is C20H19N3O4. The van der Waals surface area contributed by atoms with Crippen LogP contribution in [0.15, 0.2) is 30.3 Å². The minimum atomic E-state index is -1.67. The lowest BCUT2D eigenvalue weighted by atomic mass is 10.0. The number of aromatic hydroxyl groups is 1. The van der Waals surface area contributed by atoms with Gasteiger partial charge in [0.15, 0.2) is 5.69 Å². The fourth-order valence-corrected chi connectivity index (χ4v) is 2.89. The summed E-state index contributed by atoms with van der Waals surface area (Å²) in [6.45, 7) is 2.10. The summed E-state index contributed by atoms with van der Waals surface area (Å²) < 4.78 is 0. The van der Waals surface area contributed by atoms with Gasteiger partial charge in [0.05, 0.1) is 5.69 Å². The lowest BCUT2D eigenvalue weighted by Crippen LogP contribution is -2.37. The smallest absolute Gasteiger partial charge is 0.271 e. The van der Waals surface area contributed by atoms with Gasteiger partial charge in [0.25, 0.3) is 11.8 Å². The summed E-state index contributed by atoms with van der Waals surface area (Å²) in [7, 11) is 1.62. The fraction of sp³-hybridized carbons (Fsp3) is 0.250. The van der Waals surface area contributed by atoms with Gasteiger partial charge in [-0.1, -0.05) is 24.0 Å².